The van der Waals surface area contributed by atoms with Crippen LogP contribution < -0.4 is 5.32 Å². The minimum absolute atomic E-state index is 0.0195. The van der Waals surface area contributed by atoms with Crippen molar-refractivity contribution in [1.82, 2.24) is 10.3 Å². The number of amides is 1. The Hall–Kier alpha value is -1.69. The van der Waals surface area contributed by atoms with Gasteiger partial charge in [-0.2, -0.15) is 0 Å². The molecule has 6 nitrogen and oxygen atoms in total. The number of carbonyl (C=O) groups excluding carboxylic acids is 1. The molecule has 0 saturated heterocycles. The van der Waals surface area contributed by atoms with Crippen LogP contribution in [-0.2, 0) is 0 Å². The number of aromatic nitrogens is 1. The lowest BCUT2D eigenvalue weighted by Gasteiger charge is -2.19. The maximum Gasteiger partial charge on any atom is 0.288 e. The van der Waals surface area contributed by atoms with E-state index in [1.165, 1.54) is 0 Å². The van der Waals surface area contributed by atoms with Gasteiger partial charge in [-0.05, 0) is 12.8 Å². The van der Waals surface area contributed by atoms with E-state index in [2.05, 4.69) is 10.3 Å². The predicted octanol–water partition coefficient (Wildman–Crippen LogP) is 2.81. The lowest BCUT2D eigenvalue weighted by atomic mass is 10.0. The van der Waals surface area contributed by atoms with E-state index >= 15 is 0 Å². The van der Waals surface area contributed by atoms with Crippen molar-refractivity contribution < 1.29 is 9.72 Å². The molecule has 104 valence electrons. The third kappa shape index (κ3) is 3.89. The first kappa shape index (κ1) is 15.4. The van der Waals surface area contributed by atoms with Crippen molar-refractivity contribution in [3.63, 3.8) is 0 Å². The fourth-order valence-corrected chi connectivity index (χ4v) is 1.67. The van der Waals surface area contributed by atoms with Gasteiger partial charge < -0.3 is 5.32 Å². The Balaban J connectivity index is 2.93. The van der Waals surface area contributed by atoms with Gasteiger partial charge in [0, 0.05) is 12.1 Å². The molecule has 0 aliphatic carbocycles. The number of pyridine rings is 1. The van der Waals surface area contributed by atoms with Gasteiger partial charge in [0.2, 0.25) is 0 Å². The smallest absolute Gasteiger partial charge is 0.288 e. The van der Waals surface area contributed by atoms with Crippen molar-refractivity contribution in [3.8, 4) is 0 Å². The number of nitrogens with one attached hydrogen (secondary N) is 1. The Morgan fingerprint density at radius 3 is 2.74 bits per heavy atom. The Bertz CT molecular complexity index is 493. The number of hydrogen-bond donors (Lipinski definition) is 1. The van der Waals surface area contributed by atoms with Crippen molar-refractivity contribution in [3.05, 3.63) is 33.1 Å². The molecule has 1 aromatic rings. The van der Waals surface area contributed by atoms with E-state index in [0.717, 1.165) is 18.7 Å². The van der Waals surface area contributed by atoms with Gasteiger partial charge >= 0.3 is 0 Å². The van der Waals surface area contributed by atoms with Crippen LogP contribution >= 0.6 is 11.6 Å². The molecule has 1 amide bonds. The van der Waals surface area contributed by atoms with Gasteiger partial charge in [0.25, 0.3) is 11.6 Å². The van der Waals surface area contributed by atoms with E-state index in [0.29, 0.717) is 5.92 Å². The molecule has 2 unspecified atom stereocenters. The molecule has 7 heteroatoms. The minimum atomic E-state index is -0.613. The van der Waals surface area contributed by atoms with Crippen LogP contribution in [0, 0.1) is 16.0 Å². The number of nitro groups is 1. The molecule has 1 rings (SSSR count). The Labute approximate surface area is 116 Å². The molecular formula is C12H16ClN3O3. The molecule has 0 saturated carbocycles. The zero-order valence-corrected chi connectivity index (χ0v) is 11.8. The van der Waals surface area contributed by atoms with Crippen molar-refractivity contribution in [1.29, 1.82) is 0 Å². The lowest BCUT2D eigenvalue weighted by molar-refractivity contribution is -0.385. The normalized spacial score (nSPS) is 13.7. The summed E-state index contributed by atoms with van der Waals surface area (Å²) in [5.41, 5.74) is -0.239. The fraction of sp³-hybridized carbons (Fsp3) is 0.500. The maximum atomic E-state index is 12.0. The number of hydrogen-bond acceptors (Lipinski definition) is 4. The van der Waals surface area contributed by atoms with Gasteiger partial charge in [-0.1, -0.05) is 31.9 Å². The van der Waals surface area contributed by atoms with Gasteiger partial charge in [0.15, 0.2) is 0 Å². The van der Waals surface area contributed by atoms with Crippen LogP contribution in [0.3, 0.4) is 0 Å². The average molecular weight is 286 g/mol. The summed E-state index contributed by atoms with van der Waals surface area (Å²) in [5.74, 6) is -0.150. The molecule has 0 aliphatic heterocycles. The zero-order chi connectivity index (χ0) is 14.6. The lowest BCUT2D eigenvalue weighted by Crippen LogP contribution is -2.37. The Morgan fingerprint density at radius 2 is 2.21 bits per heavy atom. The van der Waals surface area contributed by atoms with Crippen LogP contribution in [0.4, 0.5) is 5.69 Å². The number of halogens is 1. The number of carbonyl (C=O) groups is 1. The Kier molecular flexibility index (Phi) is 5.23. The third-order valence-corrected chi connectivity index (χ3v) is 3.44. The van der Waals surface area contributed by atoms with E-state index in [9.17, 15) is 14.9 Å². The molecule has 19 heavy (non-hydrogen) atoms. The number of nitrogens with zero attached hydrogens (tertiary/aromatic N) is 2. The first-order chi connectivity index (χ1) is 8.86. The summed E-state index contributed by atoms with van der Waals surface area (Å²) in [6.45, 7) is 5.91. The topological polar surface area (TPSA) is 85.1 Å². The summed E-state index contributed by atoms with van der Waals surface area (Å²) in [4.78, 5) is 25.7. The molecule has 0 aromatic carbocycles. The molecule has 1 aromatic heterocycles. The molecule has 0 fully saturated rings. The standard InChI is InChI=1S/C12H16ClN3O3/c1-4-7(2)8(3)15-12(17)10-5-9(16(18)19)6-14-11(10)13/h5-8H,4H2,1-3H3,(H,15,17). The van der Waals surface area contributed by atoms with Gasteiger partial charge in [0.1, 0.15) is 11.3 Å². The molecular weight excluding hydrogens is 270 g/mol. The van der Waals surface area contributed by atoms with E-state index in [1.807, 2.05) is 20.8 Å². The molecule has 0 spiro atoms. The first-order valence-electron chi connectivity index (χ1n) is 5.97. The third-order valence-electron chi connectivity index (χ3n) is 3.14. The molecule has 1 N–H and O–H groups in total. The minimum Gasteiger partial charge on any atom is -0.349 e. The molecule has 0 radical (unpaired) electrons. The van der Waals surface area contributed by atoms with Crippen LogP contribution in [-0.4, -0.2) is 21.9 Å². The predicted molar refractivity (Wildman–Crippen MR) is 72.3 cm³/mol. The van der Waals surface area contributed by atoms with Crippen molar-refractivity contribution in [2.45, 2.75) is 33.2 Å². The summed E-state index contributed by atoms with van der Waals surface area (Å²) < 4.78 is 0. The van der Waals surface area contributed by atoms with Crippen LogP contribution in [0.15, 0.2) is 12.3 Å². The second-order valence-corrected chi connectivity index (χ2v) is 4.79. The van der Waals surface area contributed by atoms with Crippen LogP contribution in [0.1, 0.15) is 37.6 Å². The summed E-state index contributed by atoms with van der Waals surface area (Å²) >= 11 is 5.80. The van der Waals surface area contributed by atoms with Gasteiger partial charge in [-0.15, -0.1) is 0 Å². The van der Waals surface area contributed by atoms with Gasteiger partial charge in [-0.25, -0.2) is 4.98 Å². The van der Waals surface area contributed by atoms with Crippen LogP contribution in [0.25, 0.3) is 0 Å². The molecule has 1 heterocycles. The largest absolute Gasteiger partial charge is 0.349 e. The fourth-order valence-electron chi connectivity index (χ4n) is 1.48. The average Bonchev–Trinajstić information content (AvgIpc) is 2.37. The van der Waals surface area contributed by atoms with Gasteiger partial charge in [0.05, 0.1) is 10.5 Å². The maximum absolute atomic E-state index is 12.0. The highest BCUT2D eigenvalue weighted by Crippen LogP contribution is 2.19. The molecule has 0 aliphatic rings. The second kappa shape index (κ2) is 6.47. The Morgan fingerprint density at radius 1 is 1.58 bits per heavy atom. The van der Waals surface area contributed by atoms with Crippen LogP contribution in [0.5, 0.6) is 0 Å². The summed E-state index contributed by atoms with van der Waals surface area (Å²) in [5, 5.41) is 13.4. The zero-order valence-electron chi connectivity index (χ0n) is 11.0. The van der Waals surface area contributed by atoms with Crippen LogP contribution in [0.2, 0.25) is 5.15 Å². The highest BCUT2D eigenvalue weighted by Gasteiger charge is 2.20. The van der Waals surface area contributed by atoms with E-state index in [4.69, 9.17) is 11.6 Å². The second-order valence-electron chi connectivity index (χ2n) is 4.44. The van der Waals surface area contributed by atoms with E-state index in [-0.39, 0.29) is 22.4 Å². The molecule has 2 atom stereocenters. The summed E-state index contributed by atoms with van der Waals surface area (Å²) in [6.07, 6.45) is 1.94. The van der Waals surface area contributed by atoms with Gasteiger partial charge in [-0.3, -0.25) is 14.9 Å². The van der Waals surface area contributed by atoms with Crippen molar-refractivity contribution in [2.24, 2.45) is 5.92 Å². The highest BCUT2D eigenvalue weighted by molar-refractivity contribution is 6.32. The summed E-state index contributed by atoms with van der Waals surface area (Å²) in [7, 11) is 0. The molecule has 0 bridgehead atoms. The van der Waals surface area contributed by atoms with E-state index in [1.54, 1.807) is 0 Å². The quantitative estimate of drug-likeness (QED) is 0.512. The first-order valence-corrected chi connectivity index (χ1v) is 6.35. The monoisotopic (exact) mass is 285 g/mol. The number of rotatable bonds is 5. The van der Waals surface area contributed by atoms with E-state index < -0.39 is 10.8 Å². The van der Waals surface area contributed by atoms with Crippen molar-refractivity contribution in [2.75, 3.05) is 0 Å². The highest BCUT2D eigenvalue weighted by atomic mass is 35.5. The summed E-state index contributed by atoms with van der Waals surface area (Å²) in [6, 6.07) is 1.08. The SMILES string of the molecule is CCC(C)C(C)NC(=O)c1cc([N+](=O)[O-])cnc1Cl. The van der Waals surface area contributed by atoms with Crippen molar-refractivity contribution >= 4 is 23.2 Å².